The lowest BCUT2D eigenvalue weighted by Gasteiger charge is -2.29. The van der Waals surface area contributed by atoms with Crippen LogP contribution in [0.4, 0.5) is 4.39 Å². The number of likely N-dealkylation sites (N-methyl/N-ethyl adjacent to an activating group) is 1. The molecule has 0 unspecified atom stereocenters. The predicted octanol–water partition coefficient (Wildman–Crippen LogP) is 4.02. The van der Waals surface area contributed by atoms with Gasteiger partial charge in [-0.25, -0.2) is 4.39 Å². The number of carbonyl (C=O) groups is 5. The van der Waals surface area contributed by atoms with E-state index in [9.17, 15) is 28.4 Å². The van der Waals surface area contributed by atoms with E-state index < -0.39 is 53.5 Å². The number of fused-ring (bicyclic) bond motifs is 1. The molecule has 5 amide bonds. The highest BCUT2D eigenvalue weighted by atomic mass is 19.1. The van der Waals surface area contributed by atoms with Gasteiger partial charge in [-0.1, -0.05) is 98.8 Å². The minimum absolute atomic E-state index is 0.00564. The Labute approximate surface area is 314 Å². The van der Waals surface area contributed by atoms with E-state index in [4.69, 9.17) is 4.74 Å². The third kappa shape index (κ3) is 11.0. The Kier molecular flexibility index (Phi) is 13.2. The number of hydrogen-bond donors (Lipinski definition) is 3. The Morgan fingerprint density at radius 1 is 0.815 bits per heavy atom. The van der Waals surface area contributed by atoms with Crippen LogP contribution in [0, 0.1) is 5.82 Å². The molecule has 0 fully saturated rings. The van der Waals surface area contributed by atoms with Crippen molar-refractivity contribution in [2.75, 3.05) is 33.3 Å². The number of benzene rings is 4. The molecule has 3 N–H and O–H groups in total. The van der Waals surface area contributed by atoms with Gasteiger partial charge in [-0.3, -0.25) is 24.0 Å². The molecule has 0 radical (unpaired) electrons. The van der Waals surface area contributed by atoms with Crippen LogP contribution in [0.3, 0.4) is 0 Å². The van der Waals surface area contributed by atoms with E-state index >= 15 is 0 Å². The molecular formula is C42H46FN5O6. The zero-order valence-corrected chi connectivity index (χ0v) is 30.7. The number of halogens is 1. The number of para-hydroxylation sites is 1. The van der Waals surface area contributed by atoms with Crippen LogP contribution in [-0.2, 0) is 37.6 Å². The molecule has 4 aromatic rings. The highest BCUT2D eigenvalue weighted by molar-refractivity contribution is 6.01. The maximum atomic E-state index is 14.1. The molecule has 2 atom stereocenters. The zero-order chi connectivity index (χ0) is 38.7. The van der Waals surface area contributed by atoms with E-state index in [1.54, 1.807) is 36.4 Å². The Bertz CT molecular complexity index is 1920. The molecule has 5 rings (SSSR count). The first-order valence-corrected chi connectivity index (χ1v) is 17.8. The normalized spacial score (nSPS) is 17.8. The average Bonchev–Trinajstić information content (AvgIpc) is 3.16. The Hall–Kier alpha value is -6.04. The van der Waals surface area contributed by atoms with E-state index in [-0.39, 0.29) is 49.9 Å². The summed E-state index contributed by atoms with van der Waals surface area (Å²) in [6.45, 7) is 3.26. The molecule has 0 spiro atoms. The summed E-state index contributed by atoms with van der Waals surface area (Å²) >= 11 is 0. The first-order chi connectivity index (χ1) is 25.9. The number of rotatable bonds is 8. The highest BCUT2D eigenvalue weighted by Crippen LogP contribution is 2.23. The Balaban J connectivity index is 1.47. The van der Waals surface area contributed by atoms with Gasteiger partial charge in [-0.05, 0) is 47.4 Å². The van der Waals surface area contributed by atoms with Crippen LogP contribution in [0.25, 0.3) is 0 Å². The molecule has 0 aliphatic carbocycles. The molecular weight excluding hydrogens is 689 g/mol. The van der Waals surface area contributed by atoms with Crippen LogP contribution < -0.4 is 20.7 Å². The summed E-state index contributed by atoms with van der Waals surface area (Å²) in [7, 11) is 1.49. The molecule has 0 saturated heterocycles. The fourth-order valence-electron chi connectivity index (χ4n) is 6.10. The summed E-state index contributed by atoms with van der Waals surface area (Å²) in [4.78, 5) is 71.4. The molecule has 54 heavy (non-hydrogen) atoms. The van der Waals surface area contributed by atoms with Gasteiger partial charge in [0.1, 0.15) is 30.8 Å². The van der Waals surface area contributed by atoms with Crippen LogP contribution in [0.15, 0.2) is 109 Å². The second-order valence-corrected chi connectivity index (χ2v) is 14.1. The SMILES string of the molecule is CN1CC(=O)N[C@H](Cc2ccccc2)COc2ccccc2C(=O)N[C@H](C(=O)NCC(C)(C)c2ccc(F)cc2)CC(=O)N(Cc2ccccc2)CC1=O. The molecule has 12 heteroatoms. The van der Waals surface area contributed by atoms with Crippen molar-refractivity contribution in [3.8, 4) is 5.75 Å². The van der Waals surface area contributed by atoms with Crippen LogP contribution in [0.2, 0.25) is 0 Å². The molecule has 282 valence electrons. The van der Waals surface area contributed by atoms with Crippen molar-refractivity contribution >= 4 is 29.5 Å². The third-order valence-corrected chi connectivity index (χ3v) is 9.29. The van der Waals surface area contributed by atoms with Crippen LogP contribution in [-0.4, -0.2) is 84.7 Å². The molecule has 1 heterocycles. The van der Waals surface area contributed by atoms with Crippen LogP contribution >= 0.6 is 0 Å². The highest BCUT2D eigenvalue weighted by Gasteiger charge is 2.31. The monoisotopic (exact) mass is 735 g/mol. The number of ether oxygens (including phenoxy) is 1. The zero-order valence-electron chi connectivity index (χ0n) is 30.7. The molecule has 0 bridgehead atoms. The van der Waals surface area contributed by atoms with E-state index in [2.05, 4.69) is 16.0 Å². The number of nitrogens with one attached hydrogen (secondary N) is 3. The third-order valence-electron chi connectivity index (χ3n) is 9.29. The standard InChI is InChI=1S/C42H46FN5O6/c1-42(2,31-18-20-32(43)21-19-31)28-44-41(53)35-23-38(50)48(24-30-14-8-5-9-15-30)26-39(51)47(3)25-37(49)45-33(22-29-12-6-4-7-13-29)27-54-36-17-11-10-16-34(36)40(52)46-35/h4-21,33,35H,22-28H2,1-3H3,(H,44,53)(H,45,49)(H,46,52)/t33-,35+/m1/s1. The van der Waals surface area contributed by atoms with Crippen molar-refractivity contribution in [3.05, 3.63) is 137 Å². The molecule has 11 nitrogen and oxygen atoms in total. The van der Waals surface area contributed by atoms with E-state index in [1.165, 1.54) is 29.0 Å². The van der Waals surface area contributed by atoms with Gasteiger partial charge in [-0.2, -0.15) is 0 Å². The summed E-state index contributed by atoms with van der Waals surface area (Å²) in [5.41, 5.74) is 1.96. The topological polar surface area (TPSA) is 137 Å². The minimum Gasteiger partial charge on any atom is -0.491 e. The van der Waals surface area contributed by atoms with Gasteiger partial charge >= 0.3 is 0 Å². The summed E-state index contributed by atoms with van der Waals surface area (Å²) in [6.07, 6.45) is -0.0600. The van der Waals surface area contributed by atoms with E-state index in [0.29, 0.717) is 6.42 Å². The van der Waals surface area contributed by atoms with Gasteiger partial charge in [0.05, 0.1) is 24.6 Å². The Morgan fingerprint density at radius 3 is 2.13 bits per heavy atom. The van der Waals surface area contributed by atoms with E-state index in [0.717, 1.165) is 16.7 Å². The summed E-state index contributed by atoms with van der Waals surface area (Å²) in [5.74, 6) is -2.93. The van der Waals surface area contributed by atoms with Crippen molar-refractivity contribution < 1.29 is 33.1 Å². The largest absolute Gasteiger partial charge is 0.491 e. The second-order valence-electron chi connectivity index (χ2n) is 14.1. The molecule has 0 aromatic heterocycles. The summed E-state index contributed by atoms with van der Waals surface area (Å²) < 4.78 is 19.8. The van der Waals surface area contributed by atoms with Gasteiger partial charge in [0.2, 0.25) is 23.6 Å². The van der Waals surface area contributed by atoms with E-state index in [1.807, 2.05) is 74.5 Å². The first kappa shape index (κ1) is 39.2. The average molecular weight is 736 g/mol. The van der Waals surface area contributed by atoms with Gasteiger partial charge in [0.15, 0.2) is 0 Å². The van der Waals surface area contributed by atoms with Gasteiger partial charge in [0.25, 0.3) is 5.91 Å². The lowest BCUT2D eigenvalue weighted by atomic mass is 9.84. The lowest BCUT2D eigenvalue weighted by molar-refractivity contribution is -0.142. The van der Waals surface area contributed by atoms with Crippen molar-refractivity contribution in [3.63, 3.8) is 0 Å². The first-order valence-electron chi connectivity index (χ1n) is 17.8. The minimum atomic E-state index is -1.35. The van der Waals surface area contributed by atoms with Crippen LogP contribution in [0.1, 0.15) is 47.3 Å². The fourth-order valence-corrected chi connectivity index (χ4v) is 6.10. The van der Waals surface area contributed by atoms with Crippen molar-refractivity contribution in [2.45, 2.75) is 50.7 Å². The maximum absolute atomic E-state index is 14.1. The smallest absolute Gasteiger partial charge is 0.255 e. The number of amides is 5. The number of nitrogens with zero attached hydrogens (tertiary/aromatic N) is 2. The van der Waals surface area contributed by atoms with Crippen molar-refractivity contribution in [1.29, 1.82) is 0 Å². The second kappa shape index (κ2) is 18.1. The molecule has 1 aliphatic heterocycles. The Morgan fingerprint density at radius 2 is 1.44 bits per heavy atom. The van der Waals surface area contributed by atoms with Gasteiger partial charge in [-0.15, -0.1) is 0 Å². The summed E-state index contributed by atoms with van der Waals surface area (Å²) in [5, 5.41) is 8.59. The van der Waals surface area contributed by atoms with Crippen molar-refractivity contribution in [1.82, 2.24) is 25.8 Å². The number of hydrogen-bond acceptors (Lipinski definition) is 6. The molecule has 0 saturated carbocycles. The quantitative estimate of drug-likeness (QED) is 0.250. The van der Waals surface area contributed by atoms with Crippen LogP contribution in [0.5, 0.6) is 5.75 Å². The maximum Gasteiger partial charge on any atom is 0.255 e. The number of carbonyl (C=O) groups excluding carboxylic acids is 5. The van der Waals surface area contributed by atoms with Gasteiger partial charge < -0.3 is 30.5 Å². The van der Waals surface area contributed by atoms with Crippen molar-refractivity contribution in [2.24, 2.45) is 0 Å². The predicted molar refractivity (Wildman–Crippen MR) is 202 cm³/mol. The lowest BCUT2D eigenvalue weighted by Crippen LogP contribution is -2.52. The molecule has 1 aliphatic rings. The molecule has 4 aromatic carbocycles. The van der Waals surface area contributed by atoms with Gasteiger partial charge in [0, 0.05) is 25.6 Å². The fraction of sp³-hybridized carbons (Fsp3) is 0.310. The summed E-state index contributed by atoms with van der Waals surface area (Å²) in [6, 6.07) is 29.2.